The molecule has 2 aromatic carbocycles. The molecule has 0 fully saturated rings. The summed E-state index contributed by atoms with van der Waals surface area (Å²) in [5.74, 6) is 0.318. The molecular formula is C16H18BrNO. The highest BCUT2D eigenvalue weighted by Crippen LogP contribution is 2.13. The van der Waals surface area contributed by atoms with Gasteiger partial charge in [0.2, 0.25) is 0 Å². The first kappa shape index (κ1) is 14.1. The van der Waals surface area contributed by atoms with Gasteiger partial charge in [0.1, 0.15) is 5.75 Å². The van der Waals surface area contributed by atoms with E-state index >= 15 is 0 Å². The lowest BCUT2D eigenvalue weighted by Gasteiger charge is -2.14. The van der Waals surface area contributed by atoms with Gasteiger partial charge >= 0.3 is 0 Å². The number of hydrogen-bond donors (Lipinski definition) is 2. The van der Waals surface area contributed by atoms with Gasteiger partial charge in [0.25, 0.3) is 0 Å². The van der Waals surface area contributed by atoms with Gasteiger partial charge in [0.15, 0.2) is 0 Å². The van der Waals surface area contributed by atoms with E-state index < -0.39 is 0 Å². The van der Waals surface area contributed by atoms with Crippen LogP contribution in [0, 0.1) is 0 Å². The second kappa shape index (κ2) is 6.73. The minimum Gasteiger partial charge on any atom is -0.508 e. The first-order valence-corrected chi connectivity index (χ1v) is 7.18. The third-order valence-corrected chi connectivity index (χ3v) is 3.52. The Morgan fingerprint density at radius 2 is 1.84 bits per heavy atom. The van der Waals surface area contributed by atoms with Gasteiger partial charge < -0.3 is 10.4 Å². The second-order valence-electron chi connectivity index (χ2n) is 4.78. The fourth-order valence-corrected chi connectivity index (χ4v) is 2.44. The van der Waals surface area contributed by atoms with Crippen LogP contribution in [0.25, 0.3) is 0 Å². The number of rotatable bonds is 5. The predicted octanol–water partition coefficient (Wildman–Crippen LogP) is 3.88. The highest BCUT2D eigenvalue weighted by Gasteiger charge is 2.03. The molecule has 1 unspecified atom stereocenters. The van der Waals surface area contributed by atoms with Crippen LogP contribution < -0.4 is 5.32 Å². The van der Waals surface area contributed by atoms with Crippen LogP contribution in [0.2, 0.25) is 0 Å². The molecule has 0 aliphatic heterocycles. The molecule has 100 valence electrons. The minimum atomic E-state index is 0.318. The van der Waals surface area contributed by atoms with Crippen LogP contribution in [0.1, 0.15) is 18.1 Å². The molecule has 1 atom stereocenters. The van der Waals surface area contributed by atoms with Crippen molar-refractivity contribution in [2.45, 2.75) is 25.9 Å². The summed E-state index contributed by atoms with van der Waals surface area (Å²) in [6.07, 6.45) is 0.953. The number of hydrogen-bond acceptors (Lipinski definition) is 2. The van der Waals surface area contributed by atoms with E-state index in [1.807, 2.05) is 24.3 Å². The summed E-state index contributed by atoms with van der Waals surface area (Å²) in [6.45, 7) is 3.03. The largest absolute Gasteiger partial charge is 0.508 e. The van der Waals surface area contributed by atoms with Gasteiger partial charge in [-0.25, -0.2) is 0 Å². The zero-order chi connectivity index (χ0) is 13.7. The zero-order valence-electron chi connectivity index (χ0n) is 10.9. The summed E-state index contributed by atoms with van der Waals surface area (Å²) in [6, 6.07) is 16.1. The van der Waals surface area contributed by atoms with Crippen molar-refractivity contribution in [1.29, 1.82) is 0 Å². The molecule has 0 amide bonds. The van der Waals surface area contributed by atoms with Gasteiger partial charge in [0, 0.05) is 17.1 Å². The van der Waals surface area contributed by atoms with Crippen LogP contribution in [0.5, 0.6) is 5.75 Å². The molecule has 0 spiro atoms. The Morgan fingerprint density at radius 1 is 1.11 bits per heavy atom. The van der Waals surface area contributed by atoms with E-state index in [2.05, 4.69) is 40.3 Å². The van der Waals surface area contributed by atoms with Crippen molar-refractivity contribution in [2.24, 2.45) is 0 Å². The van der Waals surface area contributed by atoms with Gasteiger partial charge in [0.05, 0.1) is 0 Å². The summed E-state index contributed by atoms with van der Waals surface area (Å²) < 4.78 is 1.11. The maximum absolute atomic E-state index is 9.25. The Bertz CT molecular complexity index is 525. The molecule has 0 aliphatic carbocycles. The fourth-order valence-electron chi connectivity index (χ4n) is 2.00. The van der Waals surface area contributed by atoms with E-state index in [0.717, 1.165) is 17.4 Å². The summed E-state index contributed by atoms with van der Waals surface area (Å²) in [5.41, 5.74) is 2.50. The number of halogens is 1. The van der Waals surface area contributed by atoms with Crippen LogP contribution in [0.15, 0.2) is 53.0 Å². The molecule has 2 rings (SSSR count). The van der Waals surface area contributed by atoms with Crippen LogP contribution in [0.4, 0.5) is 0 Å². The van der Waals surface area contributed by atoms with Gasteiger partial charge in [-0.05, 0) is 48.7 Å². The van der Waals surface area contributed by atoms with E-state index in [1.165, 1.54) is 11.1 Å². The highest BCUT2D eigenvalue weighted by atomic mass is 79.9. The number of aromatic hydroxyl groups is 1. The zero-order valence-corrected chi connectivity index (χ0v) is 12.5. The normalized spacial score (nSPS) is 12.3. The molecule has 2 N–H and O–H groups in total. The molecule has 2 aromatic rings. The van der Waals surface area contributed by atoms with E-state index in [-0.39, 0.29) is 0 Å². The van der Waals surface area contributed by atoms with E-state index in [9.17, 15) is 5.11 Å². The predicted molar refractivity (Wildman–Crippen MR) is 82.3 cm³/mol. The summed E-state index contributed by atoms with van der Waals surface area (Å²) >= 11 is 3.48. The number of benzene rings is 2. The van der Waals surface area contributed by atoms with Crippen LogP contribution >= 0.6 is 15.9 Å². The summed E-state index contributed by atoms with van der Waals surface area (Å²) in [4.78, 5) is 0. The Morgan fingerprint density at radius 3 is 2.53 bits per heavy atom. The maximum Gasteiger partial charge on any atom is 0.115 e. The average molecular weight is 320 g/mol. The highest BCUT2D eigenvalue weighted by molar-refractivity contribution is 9.10. The standard InChI is InChI=1S/C16H18BrNO/c1-12(9-13-5-7-16(19)8-6-13)18-11-14-3-2-4-15(17)10-14/h2-8,10,12,18-19H,9,11H2,1H3. The Labute approximate surface area is 122 Å². The van der Waals surface area contributed by atoms with E-state index in [1.54, 1.807) is 12.1 Å². The molecule has 0 saturated carbocycles. The molecule has 0 aliphatic rings. The number of phenolic OH excluding ortho intramolecular Hbond substituents is 1. The first-order valence-electron chi connectivity index (χ1n) is 6.39. The minimum absolute atomic E-state index is 0.318. The van der Waals surface area contributed by atoms with Crippen LogP contribution in [-0.4, -0.2) is 11.1 Å². The lowest BCUT2D eigenvalue weighted by molar-refractivity contribution is 0.474. The molecule has 0 bridgehead atoms. The number of nitrogens with one attached hydrogen (secondary N) is 1. The lowest BCUT2D eigenvalue weighted by Crippen LogP contribution is -2.27. The van der Waals surface area contributed by atoms with Gasteiger partial charge in [-0.15, -0.1) is 0 Å². The van der Waals surface area contributed by atoms with Crippen LogP contribution in [0.3, 0.4) is 0 Å². The SMILES string of the molecule is CC(Cc1ccc(O)cc1)NCc1cccc(Br)c1. The number of phenols is 1. The Kier molecular flexibility index (Phi) is 5.00. The van der Waals surface area contributed by atoms with E-state index in [4.69, 9.17) is 0 Å². The molecular weight excluding hydrogens is 302 g/mol. The van der Waals surface area contributed by atoms with Crippen molar-refractivity contribution in [3.05, 3.63) is 64.1 Å². The van der Waals surface area contributed by atoms with Crippen molar-refractivity contribution in [3.8, 4) is 5.75 Å². The molecule has 19 heavy (non-hydrogen) atoms. The van der Waals surface area contributed by atoms with Gasteiger partial charge in [-0.1, -0.05) is 40.2 Å². The summed E-state index contributed by atoms with van der Waals surface area (Å²) in [5, 5.41) is 12.8. The topological polar surface area (TPSA) is 32.3 Å². The Balaban J connectivity index is 1.84. The van der Waals surface area contributed by atoms with Crippen molar-refractivity contribution in [2.75, 3.05) is 0 Å². The molecule has 0 radical (unpaired) electrons. The third kappa shape index (κ3) is 4.69. The van der Waals surface area contributed by atoms with Crippen molar-refractivity contribution < 1.29 is 5.11 Å². The molecule has 2 nitrogen and oxygen atoms in total. The maximum atomic E-state index is 9.25. The average Bonchev–Trinajstić information content (AvgIpc) is 2.39. The van der Waals surface area contributed by atoms with Crippen LogP contribution in [-0.2, 0) is 13.0 Å². The van der Waals surface area contributed by atoms with Crippen molar-refractivity contribution in [1.82, 2.24) is 5.32 Å². The van der Waals surface area contributed by atoms with Crippen molar-refractivity contribution in [3.63, 3.8) is 0 Å². The Hall–Kier alpha value is -1.32. The smallest absolute Gasteiger partial charge is 0.115 e. The third-order valence-electron chi connectivity index (χ3n) is 3.02. The summed E-state index contributed by atoms with van der Waals surface area (Å²) in [7, 11) is 0. The second-order valence-corrected chi connectivity index (χ2v) is 5.70. The monoisotopic (exact) mass is 319 g/mol. The van der Waals surface area contributed by atoms with E-state index in [0.29, 0.717) is 11.8 Å². The molecule has 3 heteroatoms. The quantitative estimate of drug-likeness (QED) is 0.876. The first-order chi connectivity index (χ1) is 9.13. The van der Waals surface area contributed by atoms with Gasteiger partial charge in [-0.2, -0.15) is 0 Å². The fraction of sp³-hybridized carbons (Fsp3) is 0.250. The molecule has 0 saturated heterocycles. The lowest BCUT2D eigenvalue weighted by atomic mass is 10.1. The molecule has 0 heterocycles. The molecule has 0 aromatic heterocycles. The van der Waals surface area contributed by atoms with Gasteiger partial charge in [-0.3, -0.25) is 0 Å². The van der Waals surface area contributed by atoms with Crippen molar-refractivity contribution >= 4 is 15.9 Å².